The van der Waals surface area contributed by atoms with Gasteiger partial charge >= 0.3 is 10.1 Å². The van der Waals surface area contributed by atoms with Gasteiger partial charge in [0.2, 0.25) is 6.08 Å². The average Bonchev–Trinajstić information content (AvgIpc) is 2.02. The quantitative estimate of drug-likeness (QED) is 0.426. The van der Waals surface area contributed by atoms with E-state index in [1.807, 2.05) is 0 Å². The lowest BCUT2D eigenvalue weighted by Gasteiger charge is -2.01. The molecule has 0 radical (unpaired) electrons. The van der Waals surface area contributed by atoms with Crippen molar-refractivity contribution in [3.8, 4) is 5.75 Å². The van der Waals surface area contributed by atoms with Gasteiger partial charge in [-0.15, -0.1) is 0 Å². The molecule has 1 aromatic rings. The van der Waals surface area contributed by atoms with E-state index in [4.69, 9.17) is 0 Å². The van der Waals surface area contributed by atoms with Crippen molar-refractivity contribution in [1.82, 2.24) is 0 Å². The van der Waals surface area contributed by atoms with Gasteiger partial charge in [-0.3, -0.25) is 0 Å². The second kappa shape index (κ2) is 4.04. The highest BCUT2D eigenvalue weighted by atomic mass is 32.2. The summed E-state index contributed by atoms with van der Waals surface area (Å²) >= 11 is 0. The Hall–Kier alpha value is -1.65. The molecule has 0 fully saturated rings. The molecule has 0 bridgehead atoms. The van der Waals surface area contributed by atoms with Crippen molar-refractivity contribution in [3.05, 3.63) is 24.3 Å². The molecular formula is C8H7NO4S. The fourth-order valence-electron chi connectivity index (χ4n) is 0.832. The number of rotatable bonds is 3. The Kier molecular flexibility index (Phi) is 3.01. The van der Waals surface area contributed by atoms with Crippen LogP contribution in [0.1, 0.15) is 0 Å². The highest BCUT2D eigenvalue weighted by Gasteiger charge is 2.03. The first-order chi connectivity index (χ1) is 6.51. The number of nitrogens with zero attached hydrogens (tertiary/aromatic N) is 1. The van der Waals surface area contributed by atoms with E-state index in [-0.39, 0.29) is 5.75 Å². The molecule has 1 aromatic carbocycles. The minimum Gasteiger partial charge on any atom is -0.383 e. The summed E-state index contributed by atoms with van der Waals surface area (Å²) in [5, 5.41) is 0. The van der Waals surface area contributed by atoms with Gasteiger partial charge in [0.1, 0.15) is 5.75 Å². The summed E-state index contributed by atoms with van der Waals surface area (Å²) in [7, 11) is -3.55. The lowest BCUT2D eigenvalue weighted by Crippen LogP contribution is -2.05. The molecule has 74 valence electrons. The summed E-state index contributed by atoms with van der Waals surface area (Å²) in [6.45, 7) is 0. The Labute approximate surface area is 81.2 Å². The van der Waals surface area contributed by atoms with Crippen LogP contribution in [-0.4, -0.2) is 20.8 Å². The van der Waals surface area contributed by atoms with E-state index < -0.39 is 10.1 Å². The normalized spacial score (nSPS) is 10.4. The molecule has 0 heterocycles. The van der Waals surface area contributed by atoms with Crippen molar-refractivity contribution in [2.24, 2.45) is 4.99 Å². The van der Waals surface area contributed by atoms with E-state index in [2.05, 4.69) is 9.18 Å². The van der Waals surface area contributed by atoms with Gasteiger partial charge in [0.15, 0.2) is 0 Å². The van der Waals surface area contributed by atoms with E-state index in [9.17, 15) is 13.2 Å². The molecule has 0 aromatic heterocycles. The number of aliphatic imine (C=N–C) groups is 1. The predicted octanol–water partition coefficient (Wildman–Crippen LogP) is 0.992. The summed E-state index contributed by atoms with van der Waals surface area (Å²) in [4.78, 5) is 13.2. The van der Waals surface area contributed by atoms with Crippen molar-refractivity contribution in [2.75, 3.05) is 6.26 Å². The minimum atomic E-state index is -3.55. The van der Waals surface area contributed by atoms with Gasteiger partial charge in [-0.1, -0.05) is 6.07 Å². The summed E-state index contributed by atoms with van der Waals surface area (Å²) in [6, 6.07) is 5.83. The van der Waals surface area contributed by atoms with Gasteiger partial charge in [0.25, 0.3) is 0 Å². The highest BCUT2D eigenvalue weighted by Crippen LogP contribution is 2.20. The zero-order valence-electron chi connectivity index (χ0n) is 7.30. The molecule has 0 N–H and O–H groups in total. The third-order valence-electron chi connectivity index (χ3n) is 1.24. The fourth-order valence-corrected chi connectivity index (χ4v) is 1.29. The Morgan fingerprint density at radius 1 is 1.43 bits per heavy atom. The summed E-state index contributed by atoms with van der Waals surface area (Å²) < 4.78 is 26.1. The summed E-state index contributed by atoms with van der Waals surface area (Å²) in [5.41, 5.74) is 0.293. The SMILES string of the molecule is CS(=O)(=O)Oc1cccc(N=C=O)c1. The van der Waals surface area contributed by atoms with E-state index in [1.165, 1.54) is 30.3 Å². The minimum absolute atomic E-state index is 0.115. The molecule has 0 unspecified atom stereocenters. The fraction of sp³-hybridized carbons (Fsp3) is 0.125. The molecule has 14 heavy (non-hydrogen) atoms. The van der Waals surface area contributed by atoms with E-state index in [0.717, 1.165) is 6.26 Å². The third kappa shape index (κ3) is 3.38. The van der Waals surface area contributed by atoms with Gasteiger partial charge in [-0.05, 0) is 12.1 Å². The molecule has 0 aliphatic rings. The van der Waals surface area contributed by atoms with Crippen LogP contribution in [-0.2, 0) is 14.9 Å². The van der Waals surface area contributed by atoms with Crippen LogP contribution in [0.25, 0.3) is 0 Å². The van der Waals surface area contributed by atoms with Gasteiger partial charge in [0.05, 0.1) is 11.9 Å². The van der Waals surface area contributed by atoms with Crippen molar-refractivity contribution >= 4 is 21.9 Å². The Morgan fingerprint density at radius 3 is 2.71 bits per heavy atom. The van der Waals surface area contributed by atoms with Crippen molar-refractivity contribution in [3.63, 3.8) is 0 Å². The number of benzene rings is 1. The number of hydrogen-bond acceptors (Lipinski definition) is 5. The lowest BCUT2D eigenvalue weighted by molar-refractivity contribution is 0.493. The Balaban J connectivity index is 3.00. The first kappa shape index (κ1) is 10.4. The molecule has 0 aliphatic heterocycles. The average molecular weight is 213 g/mol. The highest BCUT2D eigenvalue weighted by molar-refractivity contribution is 7.86. The monoisotopic (exact) mass is 213 g/mol. The molecule has 0 spiro atoms. The van der Waals surface area contributed by atoms with Crippen LogP contribution in [0.4, 0.5) is 5.69 Å². The largest absolute Gasteiger partial charge is 0.383 e. The molecule has 0 atom stereocenters. The zero-order chi connectivity index (χ0) is 10.6. The Bertz CT molecular complexity index is 474. The first-order valence-corrected chi connectivity index (χ1v) is 5.40. The van der Waals surface area contributed by atoms with Gasteiger partial charge in [0, 0.05) is 6.07 Å². The zero-order valence-corrected chi connectivity index (χ0v) is 8.11. The second-order valence-electron chi connectivity index (χ2n) is 2.49. The molecule has 0 aliphatic carbocycles. The molecule has 5 nitrogen and oxygen atoms in total. The van der Waals surface area contributed by atoms with Crippen molar-refractivity contribution in [1.29, 1.82) is 0 Å². The maximum absolute atomic E-state index is 10.7. The van der Waals surface area contributed by atoms with Crippen molar-refractivity contribution in [2.45, 2.75) is 0 Å². The standard InChI is InChI=1S/C8H7NO4S/c1-14(11,12)13-8-4-2-3-7(5-8)9-6-10/h2-5H,1H3. The Morgan fingerprint density at radius 2 is 2.14 bits per heavy atom. The summed E-state index contributed by atoms with van der Waals surface area (Å²) in [5.74, 6) is 0.115. The van der Waals surface area contributed by atoms with Crippen LogP contribution in [0, 0.1) is 0 Å². The van der Waals surface area contributed by atoms with Crippen LogP contribution < -0.4 is 4.18 Å². The van der Waals surface area contributed by atoms with Crippen LogP contribution >= 0.6 is 0 Å². The van der Waals surface area contributed by atoms with Crippen molar-refractivity contribution < 1.29 is 17.4 Å². The summed E-state index contributed by atoms with van der Waals surface area (Å²) in [6.07, 6.45) is 2.28. The van der Waals surface area contributed by atoms with Crippen LogP contribution in [0.5, 0.6) is 5.75 Å². The first-order valence-electron chi connectivity index (χ1n) is 3.59. The maximum atomic E-state index is 10.7. The molecule has 0 saturated heterocycles. The van der Waals surface area contributed by atoms with E-state index in [1.54, 1.807) is 0 Å². The van der Waals surface area contributed by atoms with E-state index >= 15 is 0 Å². The third-order valence-corrected chi connectivity index (χ3v) is 1.74. The topological polar surface area (TPSA) is 72.8 Å². The van der Waals surface area contributed by atoms with Crippen LogP contribution in [0.15, 0.2) is 29.3 Å². The van der Waals surface area contributed by atoms with Gasteiger partial charge in [-0.25, -0.2) is 4.79 Å². The van der Waals surface area contributed by atoms with E-state index in [0.29, 0.717) is 5.69 Å². The second-order valence-corrected chi connectivity index (χ2v) is 4.06. The van der Waals surface area contributed by atoms with Crippen LogP contribution in [0.3, 0.4) is 0 Å². The number of isocyanates is 1. The van der Waals surface area contributed by atoms with Gasteiger partial charge in [-0.2, -0.15) is 13.4 Å². The number of hydrogen-bond donors (Lipinski definition) is 0. The molecular weight excluding hydrogens is 206 g/mol. The number of carbonyl (C=O) groups excluding carboxylic acids is 1. The van der Waals surface area contributed by atoms with Crippen LogP contribution in [0.2, 0.25) is 0 Å². The molecule has 0 saturated carbocycles. The smallest absolute Gasteiger partial charge is 0.306 e. The predicted molar refractivity (Wildman–Crippen MR) is 49.7 cm³/mol. The molecule has 0 amide bonds. The maximum Gasteiger partial charge on any atom is 0.306 e. The lowest BCUT2D eigenvalue weighted by atomic mass is 10.3. The molecule has 6 heteroatoms. The van der Waals surface area contributed by atoms with Gasteiger partial charge < -0.3 is 4.18 Å². The molecule has 1 rings (SSSR count).